The van der Waals surface area contributed by atoms with Crippen molar-refractivity contribution < 1.29 is 4.74 Å². The molecule has 0 atom stereocenters. The highest BCUT2D eigenvalue weighted by Crippen LogP contribution is 2.26. The summed E-state index contributed by atoms with van der Waals surface area (Å²) in [6, 6.07) is 7.08. The summed E-state index contributed by atoms with van der Waals surface area (Å²) in [7, 11) is 1.60. The first kappa shape index (κ1) is 14.0. The van der Waals surface area contributed by atoms with Gasteiger partial charge in [-0.25, -0.2) is 15.0 Å². The van der Waals surface area contributed by atoms with Gasteiger partial charge in [0.1, 0.15) is 11.3 Å². The molecule has 0 radical (unpaired) electrons. The van der Waals surface area contributed by atoms with E-state index < -0.39 is 0 Å². The fourth-order valence-electron chi connectivity index (χ4n) is 2.24. The molecule has 0 amide bonds. The molecule has 3 aromatic rings. The highest BCUT2D eigenvalue weighted by atomic mass is 16.5. The summed E-state index contributed by atoms with van der Waals surface area (Å²) in [5.41, 5.74) is 1.89. The summed E-state index contributed by atoms with van der Waals surface area (Å²) < 4.78 is 5.33. The highest BCUT2D eigenvalue weighted by molar-refractivity contribution is 5.87. The minimum atomic E-state index is -0.231. The van der Waals surface area contributed by atoms with Crippen molar-refractivity contribution in [3.63, 3.8) is 0 Å². The van der Waals surface area contributed by atoms with E-state index in [-0.39, 0.29) is 5.56 Å². The summed E-state index contributed by atoms with van der Waals surface area (Å²) in [5.74, 6) is 1.32. The number of anilines is 2. The Kier molecular flexibility index (Phi) is 3.46. The summed E-state index contributed by atoms with van der Waals surface area (Å²) in [6.45, 7) is 3.64. The summed E-state index contributed by atoms with van der Waals surface area (Å²) in [4.78, 5) is 27.1. The van der Waals surface area contributed by atoms with Crippen LogP contribution in [0.3, 0.4) is 0 Å². The van der Waals surface area contributed by atoms with Crippen LogP contribution in [0.15, 0.2) is 29.1 Å². The Morgan fingerprint density at radius 2 is 2.00 bits per heavy atom. The van der Waals surface area contributed by atoms with E-state index in [1.54, 1.807) is 14.0 Å². The molecule has 0 unspecified atom stereocenters. The maximum absolute atomic E-state index is 11.5. The zero-order chi connectivity index (χ0) is 15.7. The normalized spacial score (nSPS) is 10.7. The van der Waals surface area contributed by atoms with Gasteiger partial charge in [-0.3, -0.25) is 15.1 Å². The van der Waals surface area contributed by atoms with Crippen LogP contribution < -0.4 is 15.6 Å². The number of H-pyrrole nitrogens is 1. The van der Waals surface area contributed by atoms with Crippen molar-refractivity contribution >= 4 is 22.8 Å². The lowest BCUT2D eigenvalue weighted by atomic mass is 10.2. The van der Waals surface area contributed by atoms with Crippen molar-refractivity contribution in [2.75, 3.05) is 12.4 Å². The Morgan fingerprint density at radius 1 is 1.18 bits per heavy atom. The summed E-state index contributed by atoms with van der Waals surface area (Å²) >= 11 is 0. The maximum Gasteiger partial charge on any atom is 0.252 e. The average Bonchev–Trinajstić information content (AvgIpc) is 2.45. The number of aromatic nitrogens is 4. The van der Waals surface area contributed by atoms with Gasteiger partial charge in [-0.05, 0) is 19.9 Å². The average molecular weight is 297 g/mol. The monoisotopic (exact) mass is 297 g/mol. The van der Waals surface area contributed by atoms with Gasteiger partial charge in [-0.15, -0.1) is 0 Å². The Hall–Kier alpha value is -2.96. The molecular weight excluding hydrogens is 282 g/mol. The lowest BCUT2D eigenvalue weighted by molar-refractivity contribution is 0.419. The molecule has 0 spiro atoms. The van der Waals surface area contributed by atoms with Crippen LogP contribution in [-0.4, -0.2) is 27.0 Å². The lowest BCUT2D eigenvalue weighted by Gasteiger charge is -2.09. The van der Waals surface area contributed by atoms with Crippen LogP contribution in [0.1, 0.15) is 11.4 Å². The molecule has 0 saturated heterocycles. The van der Waals surface area contributed by atoms with Crippen LogP contribution in [0.25, 0.3) is 10.9 Å². The number of ether oxygens (including phenoxy) is 1. The number of aromatic amines is 1. The minimum Gasteiger partial charge on any atom is -0.494 e. The fraction of sp³-hybridized carbons (Fsp3) is 0.200. The SMILES string of the molecule is COc1cccc2c(C)nc(Nc3nc(C)cc(=O)[nH]3)nc12. The second-order valence-corrected chi connectivity index (χ2v) is 4.85. The molecular formula is C15H15N5O2. The molecule has 0 aliphatic heterocycles. The first-order chi connectivity index (χ1) is 10.6. The van der Waals surface area contributed by atoms with Crippen molar-refractivity contribution in [1.82, 2.24) is 19.9 Å². The first-order valence-electron chi connectivity index (χ1n) is 6.73. The van der Waals surface area contributed by atoms with Crippen molar-refractivity contribution in [1.29, 1.82) is 0 Å². The molecule has 2 aromatic heterocycles. The Balaban J connectivity index is 2.09. The standard InChI is InChI=1S/C15H15N5O2/c1-8-7-12(21)18-14(16-8)20-15-17-9(2)10-5-4-6-11(22-3)13(10)19-15/h4-7H,1-3H3,(H2,16,17,18,19,20,21). The summed E-state index contributed by atoms with van der Waals surface area (Å²) in [5, 5.41) is 3.84. The van der Waals surface area contributed by atoms with E-state index in [4.69, 9.17) is 4.74 Å². The number of para-hydroxylation sites is 1. The van der Waals surface area contributed by atoms with Gasteiger partial charge in [-0.1, -0.05) is 12.1 Å². The van der Waals surface area contributed by atoms with E-state index >= 15 is 0 Å². The van der Waals surface area contributed by atoms with Gasteiger partial charge in [0.2, 0.25) is 11.9 Å². The van der Waals surface area contributed by atoms with E-state index in [1.165, 1.54) is 6.07 Å². The van der Waals surface area contributed by atoms with E-state index in [0.717, 1.165) is 11.1 Å². The third-order valence-corrected chi connectivity index (χ3v) is 3.20. The zero-order valence-electron chi connectivity index (χ0n) is 12.5. The predicted molar refractivity (Wildman–Crippen MR) is 83.7 cm³/mol. The topological polar surface area (TPSA) is 92.8 Å². The number of fused-ring (bicyclic) bond motifs is 1. The molecule has 22 heavy (non-hydrogen) atoms. The molecule has 3 rings (SSSR count). The van der Waals surface area contributed by atoms with Crippen LogP contribution in [-0.2, 0) is 0 Å². The van der Waals surface area contributed by atoms with Crippen molar-refractivity contribution in [3.8, 4) is 5.75 Å². The zero-order valence-corrected chi connectivity index (χ0v) is 12.5. The predicted octanol–water partition coefficient (Wildman–Crippen LogP) is 2.08. The molecule has 0 aliphatic rings. The fourth-order valence-corrected chi connectivity index (χ4v) is 2.24. The number of benzene rings is 1. The molecule has 0 fully saturated rings. The number of nitrogens with one attached hydrogen (secondary N) is 2. The molecule has 1 aromatic carbocycles. The largest absolute Gasteiger partial charge is 0.494 e. The van der Waals surface area contributed by atoms with Crippen LogP contribution in [0, 0.1) is 13.8 Å². The molecule has 0 saturated carbocycles. The van der Waals surface area contributed by atoms with Crippen LogP contribution >= 0.6 is 0 Å². The van der Waals surface area contributed by atoms with E-state index in [1.807, 2.05) is 25.1 Å². The molecule has 0 bridgehead atoms. The van der Waals surface area contributed by atoms with Gasteiger partial charge in [0.15, 0.2) is 0 Å². The second kappa shape index (κ2) is 5.44. The van der Waals surface area contributed by atoms with Crippen molar-refractivity contribution in [2.24, 2.45) is 0 Å². The molecule has 0 aliphatic carbocycles. The smallest absolute Gasteiger partial charge is 0.252 e. The lowest BCUT2D eigenvalue weighted by Crippen LogP contribution is -2.12. The van der Waals surface area contributed by atoms with Crippen molar-refractivity contribution in [3.05, 3.63) is 46.0 Å². The number of hydrogen-bond donors (Lipinski definition) is 2. The minimum absolute atomic E-state index is 0.231. The Bertz CT molecular complexity index is 904. The van der Waals surface area contributed by atoms with Gasteiger partial charge in [0.05, 0.1) is 12.8 Å². The number of rotatable bonds is 3. The van der Waals surface area contributed by atoms with Gasteiger partial charge in [-0.2, -0.15) is 0 Å². The number of methoxy groups -OCH3 is 1. The number of nitrogens with zero attached hydrogens (tertiary/aromatic N) is 3. The van der Waals surface area contributed by atoms with Gasteiger partial charge < -0.3 is 4.74 Å². The first-order valence-corrected chi connectivity index (χ1v) is 6.73. The summed E-state index contributed by atoms with van der Waals surface area (Å²) in [6.07, 6.45) is 0. The van der Waals surface area contributed by atoms with Gasteiger partial charge >= 0.3 is 0 Å². The van der Waals surface area contributed by atoms with Crippen LogP contribution in [0.4, 0.5) is 11.9 Å². The maximum atomic E-state index is 11.5. The highest BCUT2D eigenvalue weighted by Gasteiger charge is 2.10. The molecule has 7 nitrogen and oxygen atoms in total. The Morgan fingerprint density at radius 3 is 2.73 bits per heavy atom. The third kappa shape index (κ3) is 2.60. The number of aryl methyl sites for hydroxylation is 2. The number of hydrogen-bond acceptors (Lipinski definition) is 6. The van der Waals surface area contributed by atoms with Crippen molar-refractivity contribution in [2.45, 2.75) is 13.8 Å². The van der Waals surface area contributed by atoms with E-state index in [0.29, 0.717) is 28.9 Å². The van der Waals surface area contributed by atoms with Gasteiger partial charge in [0.25, 0.3) is 5.56 Å². The molecule has 2 N–H and O–H groups in total. The third-order valence-electron chi connectivity index (χ3n) is 3.20. The van der Waals surface area contributed by atoms with Gasteiger partial charge in [0, 0.05) is 17.1 Å². The molecule has 7 heteroatoms. The van der Waals surface area contributed by atoms with Crippen LogP contribution in [0.2, 0.25) is 0 Å². The second-order valence-electron chi connectivity index (χ2n) is 4.85. The van der Waals surface area contributed by atoms with E-state index in [9.17, 15) is 4.79 Å². The molecule has 112 valence electrons. The molecule has 2 heterocycles. The van der Waals surface area contributed by atoms with Crippen LogP contribution in [0.5, 0.6) is 5.75 Å². The quantitative estimate of drug-likeness (QED) is 0.769. The van der Waals surface area contributed by atoms with E-state index in [2.05, 4.69) is 25.3 Å². The Labute approximate surface area is 126 Å².